The lowest BCUT2D eigenvalue weighted by atomic mass is 9.93. The van der Waals surface area contributed by atoms with Crippen molar-refractivity contribution in [3.8, 4) is 0 Å². The minimum absolute atomic E-state index is 0.0292. The first-order valence-corrected chi connectivity index (χ1v) is 13.6. The molecule has 9 nitrogen and oxygen atoms in total. The van der Waals surface area contributed by atoms with Gasteiger partial charge in [-0.1, -0.05) is 36.6 Å². The van der Waals surface area contributed by atoms with Crippen LogP contribution in [0.4, 0.5) is 0 Å². The highest BCUT2D eigenvalue weighted by atomic mass is 32.2. The number of aromatic nitrogens is 5. The Morgan fingerprint density at radius 2 is 1.92 bits per heavy atom. The second-order valence-corrected chi connectivity index (χ2v) is 11.1. The van der Waals surface area contributed by atoms with Gasteiger partial charge in [0.15, 0.2) is 17.1 Å². The van der Waals surface area contributed by atoms with Crippen LogP contribution in [0.2, 0.25) is 0 Å². The fourth-order valence-corrected chi connectivity index (χ4v) is 6.34. The number of ether oxygens (including phenoxy) is 1. The molecule has 2 unspecified atom stereocenters. The van der Waals surface area contributed by atoms with Gasteiger partial charge in [-0.25, -0.2) is 17.4 Å². The lowest BCUT2D eigenvalue weighted by Crippen LogP contribution is -2.13. The number of benzene rings is 1. The van der Waals surface area contributed by atoms with Crippen LogP contribution in [0, 0.1) is 12.8 Å². The van der Waals surface area contributed by atoms with Crippen molar-refractivity contribution in [2.75, 3.05) is 13.2 Å². The van der Waals surface area contributed by atoms with E-state index >= 15 is 0 Å². The summed E-state index contributed by atoms with van der Waals surface area (Å²) in [6.45, 7) is 6.50. The van der Waals surface area contributed by atoms with E-state index in [1.165, 1.54) is 10.2 Å². The Balaban J connectivity index is 1.56. The molecular weight excluding hydrogens is 478 g/mol. The molecule has 0 amide bonds. The summed E-state index contributed by atoms with van der Waals surface area (Å²) in [5, 5.41) is 8.84. The van der Waals surface area contributed by atoms with E-state index < -0.39 is 10.0 Å². The number of ketones is 1. The molecule has 1 saturated carbocycles. The third kappa shape index (κ3) is 4.24. The van der Waals surface area contributed by atoms with E-state index in [4.69, 9.17) is 4.74 Å². The maximum Gasteiger partial charge on any atom is 0.269 e. The van der Waals surface area contributed by atoms with Gasteiger partial charge in [-0.2, -0.15) is 0 Å². The molecule has 2 atom stereocenters. The molecule has 0 bridgehead atoms. The van der Waals surface area contributed by atoms with Gasteiger partial charge in [0, 0.05) is 18.7 Å². The molecule has 0 radical (unpaired) electrons. The number of hydrogen-bond donors (Lipinski definition) is 0. The molecule has 3 heterocycles. The van der Waals surface area contributed by atoms with Gasteiger partial charge in [0.25, 0.3) is 10.0 Å². The van der Waals surface area contributed by atoms with Crippen molar-refractivity contribution in [1.29, 1.82) is 0 Å². The smallest absolute Gasteiger partial charge is 0.269 e. The summed E-state index contributed by atoms with van der Waals surface area (Å²) in [6, 6.07) is 8.50. The Bertz CT molecular complexity index is 1570. The quantitative estimate of drug-likeness (QED) is 0.331. The van der Waals surface area contributed by atoms with Gasteiger partial charge >= 0.3 is 0 Å². The zero-order valence-corrected chi connectivity index (χ0v) is 21.4. The SMILES string of the molecule is CCOCC(=O)/C=C1\CC(CC)C(c2nnc3cnc4c(ccn4S(=O)(=O)c4ccc(C)cc4)n23)C1. The molecule has 5 rings (SSSR count). The van der Waals surface area contributed by atoms with Crippen LogP contribution < -0.4 is 0 Å². The number of fused-ring (bicyclic) bond motifs is 3. The van der Waals surface area contributed by atoms with Gasteiger partial charge in [-0.05, 0) is 56.9 Å². The van der Waals surface area contributed by atoms with Gasteiger partial charge in [0.1, 0.15) is 12.4 Å². The van der Waals surface area contributed by atoms with Crippen LogP contribution in [-0.2, 0) is 19.6 Å². The van der Waals surface area contributed by atoms with Crippen LogP contribution in [-0.4, -0.2) is 51.0 Å². The summed E-state index contributed by atoms with van der Waals surface area (Å²) in [4.78, 5) is 16.9. The average molecular weight is 508 g/mol. The Hall–Kier alpha value is -3.37. The number of aryl methyl sites for hydroxylation is 1. The van der Waals surface area contributed by atoms with Gasteiger partial charge in [0.2, 0.25) is 0 Å². The normalized spacial score (nSPS) is 19.6. The van der Waals surface area contributed by atoms with Crippen molar-refractivity contribution >= 4 is 32.6 Å². The summed E-state index contributed by atoms with van der Waals surface area (Å²) in [5.41, 5.74) is 3.57. The maximum absolute atomic E-state index is 13.4. The van der Waals surface area contributed by atoms with Crippen molar-refractivity contribution in [3.63, 3.8) is 0 Å². The number of carbonyl (C=O) groups is 1. The third-order valence-electron chi connectivity index (χ3n) is 6.88. The van der Waals surface area contributed by atoms with Crippen molar-refractivity contribution < 1.29 is 17.9 Å². The summed E-state index contributed by atoms with van der Waals surface area (Å²) in [6.07, 6.45) is 7.23. The number of nitrogens with zero attached hydrogens (tertiary/aromatic N) is 5. The van der Waals surface area contributed by atoms with Crippen molar-refractivity contribution in [3.05, 3.63) is 65.8 Å². The Morgan fingerprint density at radius 3 is 2.64 bits per heavy atom. The minimum atomic E-state index is -3.83. The van der Waals surface area contributed by atoms with Gasteiger partial charge in [0.05, 0.1) is 16.6 Å². The highest BCUT2D eigenvalue weighted by Crippen LogP contribution is 2.44. The molecule has 0 spiro atoms. The predicted octanol–water partition coefficient (Wildman–Crippen LogP) is 4.06. The fourth-order valence-electron chi connectivity index (χ4n) is 5.04. The van der Waals surface area contributed by atoms with E-state index in [2.05, 4.69) is 22.1 Å². The van der Waals surface area contributed by atoms with Crippen LogP contribution in [0.25, 0.3) is 16.8 Å². The molecule has 10 heteroatoms. The monoisotopic (exact) mass is 507 g/mol. The zero-order chi connectivity index (χ0) is 25.4. The highest BCUT2D eigenvalue weighted by Gasteiger charge is 2.35. The summed E-state index contributed by atoms with van der Waals surface area (Å²) < 4.78 is 35.1. The Labute approximate surface area is 209 Å². The molecule has 0 saturated heterocycles. The largest absolute Gasteiger partial charge is 0.374 e. The van der Waals surface area contributed by atoms with Crippen molar-refractivity contribution in [2.45, 2.75) is 50.8 Å². The van der Waals surface area contributed by atoms with Crippen LogP contribution in [0.1, 0.15) is 50.4 Å². The van der Waals surface area contributed by atoms with E-state index in [1.807, 2.05) is 18.2 Å². The Morgan fingerprint density at radius 1 is 1.14 bits per heavy atom. The molecule has 1 aliphatic rings. The second kappa shape index (κ2) is 9.59. The van der Waals surface area contributed by atoms with Gasteiger partial charge < -0.3 is 4.74 Å². The number of hydrogen-bond acceptors (Lipinski definition) is 7. The fraction of sp³-hybridized carbons (Fsp3) is 0.385. The van der Waals surface area contributed by atoms with E-state index in [0.717, 1.165) is 29.8 Å². The average Bonchev–Trinajstić information content (AvgIpc) is 3.58. The van der Waals surface area contributed by atoms with Gasteiger partial charge in [-0.3, -0.25) is 9.20 Å². The molecule has 1 aliphatic carbocycles. The topological polar surface area (TPSA) is 108 Å². The number of carbonyl (C=O) groups excluding carboxylic acids is 1. The minimum Gasteiger partial charge on any atom is -0.374 e. The van der Waals surface area contributed by atoms with E-state index in [1.54, 1.807) is 42.6 Å². The molecule has 188 valence electrons. The molecular formula is C26H29N5O4S. The molecule has 3 aromatic heterocycles. The lowest BCUT2D eigenvalue weighted by molar-refractivity contribution is -0.118. The van der Waals surface area contributed by atoms with Crippen molar-refractivity contribution in [1.82, 2.24) is 23.6 Å². The van der Waals surface area contributed by atoms with Crippen molar-refractivity contribution in [2.24, 2.45) is 5.92 Å². The molecule has 0 aliphatic heterocycles. The van der Waals surface area contributed by atoms with Crippen LogP contribution >= 0.6 is 0 Å². The zero-order valence-electron chi connectivity index (χ0n) is 20.6. The molecule has 1 fully saturated rings. The first-order valence-electron chi connectivity index (χ1n) is 12.2. The molecule has 1 aromatic carbocycles. The van der Waals surface area contributed by atoms with Crippen LogP contribution in [0.5, 0.6) is 0 Å². The molecule has 36 heavy (non-hydrogen) atoms. The maximum atomic E-state index is 13.4. The summed E-state index contributed by atoms with van der Waals surface area (Å²) in [5.74, 6) is 1.08. The summed E-state index contributed by atoms with van der Waals surface area (Å²) in [7, 11) is -3.83. The second-order valence-electron chi connectivity index (χ2n) is 9.24. The standard InChI is InChI=1S/C26H29N5O4S/c1-4-19-12-18(13-20(32)16-35-5-2)14-22(19)25-29-28-24-15-27-26-23(31(24)25)10-11-30(26)36(33,34)21-8-6-17(3)7-9-21/h6-11,13,15,19,22H,4-5,12,14,16H2,1-3H3/b18-13+. The lowest BCUT2D eigenvalue weighted by Gasteiger charge is -2.16. The molecule has 0 N–H and O–H groups in total. The first kappa shape index (κ1) is 24.3. The summed E-state index contributed by atoms with van der Waals surface area (Å²) >= 11 is 0. The van der Waals surface area contributed by atoms with Gasteiger partial charge in [-0.15, -0.1) is 10.2 Å². The Kier molecular flexibility index (Phi) is 6.48. The van der Waals surface area contributed by atoms with Crippen LogP contribution in [0.15, 0.2) is 59.3 Å². The number of rotatable bonds is 8. The predicted molar refractivity (Wildman–Crippen MR) is 135 cm³/mol. The van der Waals surface area contributed by atoms with E-state index in [9.17, 15) is 13.2 Å². The third-order valence-corrected chi connectivity index (χ3v) is 8.57. The van der Waals surface area contributed by atoms with E-state index in [-0.39, 0.29) is 23.2 Å². The van der Waals surface area contributed by atoms with Crippen LogP contribution in [0.3, 0.4) is 0 Å². The number of allylic oxidation sites excluding steroid dienone is 1. The highest BCUT2D eigenvalue weighted by molar-refractivity contribution is 7.90. The molecule has 4 aromatic rings. The van der Waals surface area contributed by atoms with E-state index in [0.29, 0.717) is 35.8 Å². The first-order chi connectivity index (χ1) is 17.3.